The van der Waals surface area contributed by atoms with Crippen LogP contribution in [0.1, 0.15) is 43.0 Å². The summed E-state index contributed by atoms with van der Waals surface area (Å²) in [7, 11) is 1.81. The highest BCUT2D eigenvalue weighted by molar-refractivity contribution is 5.79. The highest BCUT2D eigenvalue weighted by Crippen LogP contribution is 2.41. The lowest BCUT2D eigenvalue weighted by molar-refractivity contribution is -0.0838. The van der Waals surface area contributed by atoms with Gasteiger partial charge in [-0.05, 0) is 56.4 Å². The van der Waals surface area contributed by atoms with Crippen LogP contribution in [0.2, 0.25) is 0 Å². The molecule has 0 radical (unpaired) electrons. The van der Waals surface area contributed by atoms with Crippen molar-refractivity contribution in [3.63, 3.8) is 0 Å². The topological polar surface area (TPSA) is 60.2 Å². The van der Waals surface area contributed by atoms with Gasteiger partial charge in [0.25, 0.3) is 0 Å². The first-order valence-electron chi connectivity index (χ1n) is 7.54. The van der Waals surface area contributed by atoms with Crippen LogP contribution in [0, 0.1) is 6.92 Å². The van der Waals surface area contributed by atoms with Gasteiger partial charge in [-0.2, -0.15) is 0 Å². The number of pyridine rings is 1. The maximum Gasteiger partial charge on any atom is 0.0705 e. The summed E-state index contributed by atoms with van der Waals surface area (Å²) in [6.45, 7) is 2.01. The molecule has 1 aliphatic rings. The second-order valence-corrected chi connectivity index (χ2v) is 6.07. The Morgan fingerprint density at radius 2 is 2.14 bits per heavy atom. The molecule has 4 heteroatoms. The van der Waals surface area contributed by atoms with Crippen molar-refractivity contribution in [1.82, 2.24) is 10.4 Å². The normalized spacial score (nSPS) is 18.4. The van der Waals surface area contributed by atoms with Gasteiger partial charge in [-0.25, -0.2) is 0 Å². The summed E-state index contributed by atoms with van der Waals surface area (Å²) in [6, 6.07) is 10.6. The molecule has 0 bridgehead atoms. The Morgan fingerprint density at radius 1 is 1.33 bits per heavy atom. The Kier molecular flexibility index (Phi) is 3.93. The van der Waals surface area contributed by atoms with Crippen LogP contribution in [0.25, 0.3) is 10.9 Å². The van der Waals surface area contributed by atoms with Gasteiger partial charge in [-0.15, -0.1) is 0 Å². The smallest absolute Gasteiger partial charge is 0.0705 e. The van der Waals surface area contributed by atoms with E-state index in [9.17, 15) is 0 Å². The number of rotatable bonds is 5. The fraction of sp³-hybridized carbons (Fsp3) is 0.471. The largest absolute Gasteiger partial charge is 0.378 e. The molecule has 0 spiro atoms. The quantitative estimate of drug-likeness (QED) is 0.655. The Balaban J connectivity index is 1.88. The Morgan fingerprint density at radius 3 is 2.76 bits per heavy atom. The summed E-state index contributed by atoms with van der Waals surface area (Å²) in [5.41, 5.74) is 6.21. The van der Waals surface area contributed by atoms with Crippen LogP contribution < -0.4 is 11.3 Å². The molecule has 4 nitrogen and oxygen atoms in total. The number of hydrogen-bond donors (Lipinski definition) is 2. The lowest BCUT2D eigenvalue weighted by atomic mass is 9.74. The lowest BCUT2D eigenvalue weighted by Crippen LogP contribution is -2.44. The van der Waals surface area contributed by atoms with Crippen molar-refractivity contribution in [2.24, 2.45) is 5.84 Å². The van der Waals surface area contributed by atoms with Crippen molar-refractivity contribution in [3.05, 3.63) is 41.6 Å². The average molecular weight is 285 g/mol. The van der Waals surface area contributed by atoms with E-state index in [1.54, 1.807) is 7.11 Å². The Bertz CT molecular complexity index is 631. The minimum Gasteiger partial charge on any atom is -0.378 e. The third kappa shape index (κ3) is 2.79. The van der Waals surface area contributed by atoms with Gasteiger partial charge >= 0.3 is 0 Å². The van der Waals surface area contributed by atoms with Gasteiger partial charge in [-0.1, -0.05) is 12.1 Å². The van der Waals surface area contributed by atoms with E-state index in [0.717, 1.165) is 35.9 Å². The molecule has 3 N–H and O–H groups in total. The van der Waals surface area contributed by atoms with Gasteiger partial charge in [-0.3, -0.25) is 16.3 Å². The molecule has 0 amide bonds. The van der Waals surface area contributed by atoms with E-state index < -0.39 is 0 Å². The summed E-state index contributed by atoms with van der Waals surface area (Å²) in [4.78, 5) is 4.54. The van der Waals surface area contributed by atoms with Crippen molar-refractivity contribution in [1.29, 1.82) is 0 Å². The number of hydrogen-bond acceptors (Lipinski definition) is 4. The van der Waals surface area contributed by atoms with Crippen LogP contribution in [0.3, 0.4) is 0 Å². The second-order valence-electron chi connectivity index (χ2n) is 6.07. The molecule has 1 aliphatic carbocycles. The Hall–Kier alpha value is -1.49. The summed E-state index contributed by atoms with van der Waals surface area (Å²) >= 11 is 0. The molecule has 2 aromatic rings. The van der Waals surface area contributed by atoms with Gasteiger partial charge in [0.15, 0.2) is 0 Å². The molecule has 3 rings (SSSR count). The van der Waals surface area contributed by atoms with Crippen molar-refractivity contribution in [3.8, 4) is 0 Å². The molecule has 1 heterocycles. The maximum absolute atomic E-state index is 5.79. The molecular weight excluding hydrogens is 262 g/mol. The minimum atomic E-state index is -0.00246. The fourth-order valence-corrected chi connectivity index (χ4v) is 3.17. The van der Waals surface area contributed by atoms with Crippen molar-refractivity contribution < 1.29 is 4.74 Å². The highest BCUT2D eigenvalue weighted by Gasteiger charge is 2.39. The molecule has 112 valence electrons. The predicted octanol–water partition coefficient (Wildman–Crippen LogP) is 3.01. The molecule has 21 heavy (non-hydrogen) atoms. The van der Waals surface area contributed by atoms with Crippen LogP contribution in [-0.2, 0) is 4.74 Å². The summed E-state index contributed by atoms with van der Waals surface area (Å²) < 4.78 is 5.72. The molecule has 1 aromatic heterocycles. The van der Waals surface area contributed by atoms with Gasteiger partial charge in [0.05, 0.1) is 11.1 Å². The van der Waals surface area contributed by atoms with E-state index >= 15 is 0 Å². The number of methoxy groups -OCH3 is 1. The van der Waals surface area contributed by atoms with Crippen molar-refractivity contribution >= 4 is 10.9 Å². The predicted molar refractivity (Wildman–Crippen MR) is 84.8 cm³/mol. The number of hydrazine groups is 1. The number of benzene rings is 1. The summed E-state index contributed by atoms with van der Waals surface area (Å²) in [5.74, 6) is 5.79. The van der Waals surface area contributed by atoms with Gasteiger partial charge in [0.2, 0.25) is 0 Å². The van der Waals surface area contributed by atoms with Crippen LogP contribution >= 0.6 is 0 Å². The van der Waals surface area contributed by atoms with Crippen molar-refractivity contribution in [2.45, 2.75) is 44.2 Å². The second kappa shape index (κ2) is 5.72. The zero-order valence-electron chi connectivity index (χ0n) is 12.7. The molecule has 1 aromatic carbocycles. The lowest BCUT2D eigenvalue weighted by Gasteiger charge is -2.42. The van der Waals surface area contributed by atoms with E-state index in [2.05, 4.69) is 34.7 Å². The first-order valence-corrected chi connectivity index (χ1v) is 7.54. The molecule has 1 fully saturated rings. The number of nitrogens with one attached hydrogen (secondary N) is 1. The molecule has 0 aliphatic heterocycles. The monoisotopic (exact) mass is 285 g/mol. The SMILES string of the molecule is COC1(CC(NN)c2ccc3nc(C)ccc3c2)CCC1. The van der Waals surface area contributed by atoms with Crippen LogP contribution in [0.5, 0.6) is 0 Å². The first-order chi connectivity index (χ1) is 10.2. The average Bonchev–Trinajstić information content (AvgIpc) is 2.46. The van der Waals surface area contributed by atoms with E-state index in [0.29, 0.717) is 0 Å². The number of nitrogens with two attached hydrogens (primary N) is 1. The standard InChI is InChI=1S/C17H23N3O/c1-12-4-5-13-10-14(6-7-15(13)19-12)16(20-18)11-17(21-2)8-3-9-17/h4-7,10,16,20H,3,8-9,11,18H2,1-2H3. The number of nitrogens with zero attached hydrogens (tertiary/aromatic N) is 1. The summed E-state index contributed by atoms with van der Waals surface area (Å²) in [6.07, 6.45) is 4.39. The molecule has 1 atom stereocenters. The third-order valence-corrected chi connectivity index (χ3v) is 4.73. The van der Waals surface area contributed by atoms with Gasteiger partial charge in [0, 0.05) is 24.2 Å². The highest BCUT2D eigenvalue weighted by atomic mass is 16.5. The molecule has 1 unspecified atom stereocenters. The molecule has 1 saturated carbocycles. The minimum absolute atomic E-state index is 0.00246. The Labute approximate surface area is 125 Å². The van der Waals surface area contributed by atoms with E-state index in [4.69, 9.17) is 10.6 Å². The number of aromatic nitrogens is 1. The number of aryl methyl sites for hydroxylation is 1. The maximum atomic E-state index is 5.79. The van der Waals surface area contributed by atoms with Crippen LogP contribution in [0.15, 0.2) is 30.3 Å². The van der Waals surface area contributed by atoms with Crippen LogP contribution in [-0.4, -0.2) is 17.7 Å². The van der Waals surface area contributed by atoms with Gasteiger partial charge in [0.1, 0.15) is 0 Å². The number of ether oxygens (including phenoxy) is 1. The first kappa shape index (κ1) is 14.4. The van der Waals surface area contributed by atoms with E-state index in [-0.39, 0.29) is 11.6 Å². The van der Waals surface area contributed by atoms with Gasteiger partial charge < -0.3 is 4.74 Å². The zero-order valence-corrected chi connectivity index (χ0v) is 12.7. The summed E-state index contributed by atoms with van der Waals surface area (Å²) in [5, 5.41) is 1.15. The van der Waals surface area contributed by atoms with E-state index in [1.165, 1.54) is 12.0 Å². The zero-order chi connectivity index (χ0) is 14.9. The fourth-order valence-electron chi connectivity index (χ4n) is 3.17. The molecular formula is C17H23N3O. The third-order valence-electron chi connectivity index (χ3n) is 4.73. The van der Waals surface area contributed by atoms with E-state index in [1.807, 2.05) is 13.0 Å². The van der Waals surface area contributed by atoms with Crippen molar-refractivity contribution in [2.75, 3.05) is 7.11 Å². The molecule has 0 saturated heterocycles. The number of fused-ring (bicyclic) bond motifs is 1. The van der Waals surface area contributed by atoms with Crippen LogP contribution in [0.4, 0.5) is 0 Å².